The molecule has 3 aliphatic rings. The van der Waals surface area contributed by atoms with Gasteiger partial charge in [0.05, 0.1) is 30.9 Å². The van der Waals surface area contributed by atoms with E-state index in [0.29, 0.717) is 19.5 Å². The SMILES string of the molecule is CC(C)=CCC/C(C)=C/CN1C(=O)[C@]2(O[C@H](CC(=O)N3Cc4ccccc4C[C@H]3CO)[C@@H]([Si](C)(C)F)[C@@H]2C)c2ccccc21. The molecule has 2 aromatic carbocycles. The summed E-state index contributed by atoms with van der Waals surface area (Å²) in [7, 11) is -3.41. The molecule has 0 unspecified atom stereocenters. The molecule has 0 radical (unpaired) electrons. The molecule has 8 heteroatoms. The number of fused-ring (bicyclic) bond motifs is 3. The molecule has 1 spiro atoms. The van der Waals surface area contributed by atoms with Crippen LogP contribution in [0.4, 0.5) is 9.80 Å². The number of allylic oxidation sites excluding steroid dienone is 3. The summed E-state index contributed by atoms with van der Waals surface area (Å²) in [6.45, 7) is 12.2. The fraction of sp³-hybridized carbons (Fsp3) is 0.500. The number of anilines is 1. The van der Waals surface area contributed by atoms with Crippen LogP contribution in [0.5, 0.6) is 0 Å². The molecular formula is C36H47FN2O4Si. The number of halogens is 1. The van der Waals surface area contributed by atoms with E-state index in [4.69, 9.17) is 4.74 Å². The fourth-order valence-corrected chi connectivity index (χ4v) is 10.1. The highest BCUT2D eigenvalue weighted by Crippen LogP contribution is 2.60. The number of hydrogen-bond acceptors (Lipinski definition) is 4. The molecule has 0 aliphatic carbocycles. The number of benzene rings is 2. The molecule has 5 rings (SSSR count). The van der Waals surface area contributed by atoms with Gasteiger partial charge in [0.25, 0.3) is 5.91 Å². The van der Waals surface area contributed by atoms with E-state index in [9.17, 15) is 14.7 Å². The molecular weight excluding hydrogens is 571 g/mol. The van der Waals surface area contributed by atoms with Gasteiger partial charge in [-0.05, 0) is 70.3 Å². The smallest absolute Gasteiger partial charge is 0.264 e. The number of aliphatic hydroxyl groups excluding tert-OH is 1. The van der Waals surface area contributed by atoms with Crippen molar-refractivity contribution in [2.75, 3.05) is 18.1 Å². The molecule has 6 nitrogen and oxygen atoms in total. The lowest BCUT2D eigenvalue weighted by Crippen LogP contribution is -2.48. The second kappa shape index (κ2) is 12.7. The highest BCUT2D eigenvalue weighted by Gasteiger charge is 2.66. The van der Waals surface area contributed by atoms with Crippen LogP contribution < -0.4 is 4.90 Å². The lowest BCUT2D eigenvalue weighted by atomic mass is 9.82. The first-order chi connectivity index (χ1) is 20.9. The van der Waals surface area contributed by atoms with Gasteiger partial charge in [-0.1, -0.05) is 72.7 Å². The first-order valence-corrected chi connectivity index (χ1v) is 18.9. The second-order valence-corrected chi connectivity index (χ2v) is 17.4. The number of para-hydroxylation sites is 1. The minimum atomic E-state index is -3.41. The van der Waals surface area contributed by atoms with Crippen LogP contribution in [0.3, 0.4) is 0 Å². The van der Waals surface area contributed by atoms with Crippen LogP contribution in [0.25, 0.3) is 0 Å². The average Bonchev–Trinajstić information content (AvgIpc) is 3.41. The van der Waals surface area contributed by atoms with Crippen molar-refractivity contribution < 1.29 is 23.5 Å². The zero-order chi connectivity index (χ0) is 31.8. The first-order valence-electron chi connectivity index (χ1n) is 15.9. The first kappa shape index (κ1) is 32.3. The molecule has 236 valence electrons. The Morgan fingerprint density at radius 3 is 2.45 bits per heavy atom. The fourth-order valence-electron chi connectivity index (χ4n) is 7.65. The number of carbonyl (C=O) groups is 2. The lowest BCUT2D eigenvalue weighted by molar-refractivity contribution is -0.150. The van der Waals surface area contributed by atoms with E-state index >= 15 is 4.11 Å². The summed E-state index contributed by atoms with van der Waals surface area (Å²) in [5, 5.41) is 10.2. The zero-order valence-electron chi connectivity index (χ0n) is 27.0. The van der Waals surface area contributed by atoms with Gasteiger partial charge in [0.2, 0.25) is 14.3 Å². The van der Waals surface area contributed by atoms with Crippen molar-refractivity contribution in [2.45, 2.75) is 96.3 Å². The van der Waals surface area contributed by atoms with Crippen molar-refractivity contribution >= 4 is 25.9 Å². The van der Waals surface area contributed by atoms with Crippen LogP contribution in [0.1, 0.15) is 63.6 Å². The normalized spacial score (nSPS) is 26.6. The number of amides is 2. The molecule has 44 heavy (non-hydrogen) atoms. The van der Waals surface area contributed by atoms with Crippen LogP contribution in [-0.4, -0.2) is 55.5 Å². The van der Waals surface area contributed by atoms with Crippen molar-refractivity contribution in [2.24, 2.45) is 5.92 Å². The Balaban J connectivity index is 1.43. The van der Waals surface area contributed by atoms with Gasteiger partial charge in [0, 0.05) is 30.1 Å². The molecule has 1 saturated heterocycles. The standard InChI is InChI=1S/C36H47FN2O4Si/c1-24(2)12-11-13-25(3)18-19-38-31-17-10-9-16-30(31)36(35(38)42)26(4)34(44(5,6)37)32(43-36)21-33(41)39-22-28-15-8-7-14-27(28)20-29(39)23-40/h7-10,12,14-18,26,29,32,34,40H,11,13,19-23H2,1-6H3/b25-18+/t26-,29-,32+,34-,36+/m0/s1. The van der Waals surface area contributed by atoms with Gasteiger partial charge in [-0.3, -0.25) is 9.59 Å². The van der Waals surface area contributed by atoms with Crippen LogP contribution >= 0.6 is 0 Å². The summed E-state index contributed by atoms with van der Waals surface area (Å²) in [5.74, 6) is -0.816. The maximum Gasteiger partial charge on any atom is 0.264 e. The van der Waals surface area contributed by atoms with Crippen molar-refractivity contribution in [1.82, 2.24) is 4.90 Å². The van der Waals surface area contributed by atoms with E-state index in [0.717, 1.165) is 35.2 Å². The van der Waals surface area contributed by atoms with Gasteiger partial charge in [0.15, 0.2) is 5.60 Å². The second-order valence-electron chi connectivity index (χ2n) is 13.6. The maximum absolute atomic E-state index is 16.2. The number of hydrogen-bond donors (Lipinski definition) is 1. The van der Waals surface area contributed by atoms with E-state index in [1.807, 2.05) is 55.5 Å². The molecule has 0 bridgehead atoms. The van der Waals surface area contributed by atoms with Gasteiger partial charge in [-0.2, -0.15) is 0 Å². The molecule has 2 aromatic rings. The maximum atomic E-state index is 16.2. The molecule has 3 heterocycles. The minimum Gasteiger partial charge on any atom is -0.394 e. The minimum absolute atomic E-state index is 0.0331. The van der Waals surface area contributed by atoms with Crippen molar-refractivity contribution in [3.8, 4) is 0 Å². The lowest BCUT2D eigenvalue weighted by Gasteiger charge is -2.37. The molecule has 1 fully saturated rings. The van der Waals surface area contributed by atoms with Crippen molar-refractivity contribution in [3.63, 3.8) is 0 Å². The van der Waals surface area contributed by atoms with Gasteiger partial charge < -0.3 is 23.8 Å². The van der Waals surface area contributed by atoms with E-state index in [1.54, 1.807) is 22.9 Å². The summed E-state index contributed by atoms with van der Waals surface area (Å²) >= 11 is 0. The highest BCUT2D eigenvalue weighted by molar-refractivity contribution is 6.72. The van der Waals surface area contributed by atoms with Gasteiger partial charge in [0.1, 0.15) is 0 Å². The largest absolute Gasteiger partial charge is 0.394 e. The quantitative estimate of drug-likeness (QED) is 0.190. The summed E-state index contributed by atoms with van der Waals surface area (Å²) < 4.78 is 23.0. The molecule has 2 amide bonds. The third-order valence-corrected chi connectivity index (χ3v) is 12.3. The number of carbonyl (C=O) groups excluding carboxylic acids is 2. The van der Waals surface area contributed by atoms with Gasteiger partial charge in [-0.15, -0.1) is 0 Å². The third kappa shape index (κ3) is 5.96. The summed E-state index contributed by atoms with van der Waals surface area (Å²) in [5.41, 5.74) is 4.31. The summed E-state index contributed by atoms with van der Waals surface area (Å²) in [6, 6.07) is 15.3. The topological polar surface area (TPSA) is 70.1 Å². The predicted molar refractivity (Wildman–Crippen MR) is 175 cm³/mol. The number of ether oxygens (including phenoxy) is 1. The number of aliphatic hydroxyl groups is 1. The zero-order valence-corrected chi connectivity index (χ0v) is 28.0. The Morgan fingerprint density at radius 1 is 1.09 bits per heavy atom. The van der Waals surface area contributed by atoms with E-state index in [-0.39, 0.29) is 30.9 Å². The molecule has 5 atom stereocenters. The van der Waals surface area contributed by atoms with Gasteiger partial charge >= 0.3 is 0 Å². The van der Waals surface area contributed by atoms with Crippen molar-refractivity contribution in [3.05, 3.63) is 88.5 Å². The molecule has 1 N–H and O–H groups in total. The molecule has 3 aliphatic heterocycles. The van der Waals surface area contributed by atoms with Crippen LogP contribution in [-0.2, 0) is 32.9 Å². The Hall–Kier alpha value is -3.07. The number of rotatable bonds is 9. The Morgan fingerprint density at radius 2 is 1.77 bits per heavy atom. The predicted octanol–water partition coefficient (Wildman–Crippen LogP) is 6.84. The van der Waals surface area contributed by atoms with Gasteiger partial charge in [-0.25, -0.2) is 0 Å². The average molecular weight is 619 g/mol. The van der Waals surface area contributed by atoms with E-state index in [2.05, 4.69) is 32.9 Å². The third-order valence-electron chi connectivity index (χ3n) is 9.84. The Kier molecular flexibility index (Phi) is 9.36. The van der Waals surface area contributed by atoms with Crippen LogP contribution in [0.15, 0.2) is 71.8 Å². The summed E-state index contributed by atoms with van der Waals surface area (Å²) in [6.07, 6.45) is 5.96. The van der Waals surface area contributed by atoms with Crippen LogP contribution in [0, 0.1) is 5.92 Å². The van der Waals surface area contributed by atoms with E-state index in [1.165, 1.54) is 11.1 Å². The number of nitrogens with zero attached hydrogens (tertiary/aromatic N) is 2. The van der Waals surface area contributed by atoms with Crippen LogP contribution in [0.2, 0.25) is 18.6 Å². The van der Waals surface area contributed by atoms with E-state index < -0.39 is 31.6 Å². The monoisotopic (exact) mass is 618 g/mol. The molecule has 0 saturated carbocycles. The molecule has 0 aromatic heterocycles. The summed E-state index contributed by atoms with van der Waals surface area (Å²) in [4.78, 5) is 31.9. The Bertz CT molecular complexity index is 1460. The van der Waals surface area contributed by atoms with Crippen molar-refractivity contribution in [1.29, 1.82) is 0 Å². The Labute approximate surface area is 262 Å². The highest BCUT2D eigenvalue weighted by atomic mass is 28.4.